The van der Waals surface area contributed by atoms with Gasteiger partial charge in [-0.15, -0.1) is 0 Å². The van der Waals surface area contributed by atoms with E-state index in [0.29, 0.717) is 11.4 Å². The smallest absolute Gasteiger partial charge is 0.240 e. The first-order valence-corrected chi connectivity index (χ1v) is 8.28. The van der Waals surface area contributed by atoms with E-state index in [1.54, 1.807) is 18.2 Å². The van der Waals surface area contributed by atoms with E-state index in [9.17, 15) is 8.42 Å². The largest absolute Gasteiger partial charge is 0.313 e. The van der Waals surface area contributed by atoms with Gasteiger partial charge in [0.25, 0.3) is 0 Å². The van der Waals surface area contributed by atoms with Crippen LogP contribution in [0.15, 0.2) is 40.8 Å². The fourth-order valence-corrected chi connectivity index (χ4v) is 3.57. The molecule has 1 aliphatic rings. The second-order valence-corrected chi connectivity index (χ2v) is 7.11. The van der Waals surface area contributed by atoms with E-state index in [-0.39, 0.29) is 0 Å². The molecule has 0 amide bonds. The maximum atomic E-state index is 12.1. The molecule has 1 heterocycles. The maximum Gasteiger partial charge on any atom is 0.240 e. The van der Waals surface area contributed by atoms with Crippen LogP contribution >= 0.6 is 22.6 Å². The average Bonchev–Trinajstić information content (AvgIpc) is 2.38. The van der Waals surface area contributed by atoms with Crippen molar-refractivity contribution in [2.24, 2.45) is 0 Å². The van der Waals surface area contributed by atoms with E-state index >= 15 is 0 Å². The number of halogens is 1. The lowest BCUT2D eigenvalue weighted by Gasteiger charge is -2.14. The normalized spacial score (nSPS) is 16.4. The third-order valence-corrected chi connectivity index (χ3v) is 4.82. The topological polar surface area (TPSA) is 58.2 Å². The van der Waals surface area contributed by atoms with E-state index in [0.717, 1.165) is 28.7 Å². The minimum Gasteiger partial charge on any atom is -0.313 e. The molecule has 0 unspecified atom stereocenters. The third kappa shape index (κ3) is 3.78. The molecule has 0 aliphatic carbocycles. The van der Waals surface area contributed by atoms with Crippen LogP contribution in [0.1, 0.15) is 6.42 Å². The molecule has 1 aliphatic heterocycles. The second kappa shape index (κ2) is 6.14. The zero-order valence-electron chi connectivity index (χ0n) is 9.82. The third-order valence-electron chi connectivity index (χ3n) is 2.75. The van der Waals surface area contributed by atoms with Crippen molar-refractivity contribution in [3.8, 4) is 0 Å². The Balaban J connectivity index is 2.05. The first-order valence-electron chi connectivity index (χ1n) is 5.72. The van der Waals surface area contributed by atoms with Crippen molar-refractivity contribution in [2.45, 2.75) is 11.3 Å². The number of nitrogens with one attached hydrogen (secondary N) is 2. The van der Waals surface area contributed by atoms with Gasteiger partial charge in [0, 0.05) is 16.7 Å². The highest BCUT2D eigenvalue weighted by Gasteiger charge is 2.14. The molecule has 0 bridgehead atoms. The van der Waals surface area contributed by atoms with Crippen molar-refractivity contribution in [1.29, 1.82) is 0 Å². The van der Waals surface area contributed by atoms with Crippen LogP contribution in [0, 0.1) is 3.57 Å². The fraction of sp³-hybridized carbons (Fsp3) is 0.333. The summed E-state index contributed by atoms with van der Waals surface area (Å²) < 4.78 is 27.7. The predicted molar refractivity (Wildman–Crippen MR) is 79.9 cm³/mol. The quantitative estimate of drug-likeness (QED) is 0.617. The molecule has 0 spiro atoms. The lowest BCUT2D eigenvalue weighted by atomic mass is 10.1. The Morgan fingerprint density at radius 1 is 1.39 bits per heavy atom. The van der Waals surface area contributed by atoms with Crippen molar-refractivity contribution in [3.05, 3.63) is 39.5 Å². The van der Waals surface area contributed by atoms with Gasteiger partial charge in [0.1, 0.15) is 0 Å². The highest BCUT2D eigenvalue weighted by molar-refractivity contribution is 14.1. The van der Waals surface area contributed by atoms with Gasteiger partial charge >= 0.3 is 0 Å². The zero-order chi connectivity index (χ0) is 13.0. The molecule has 1 aromatic rings. The Labute approximate surface area is 121 Å². The molecule has 4 nitrogen and oxygen atoms in total. The van der Waals surface area contributed by atoms with Gasteiger partial charge in [0.2, 0.25) is 10.0 Å². The minimum atomic E-state index is -3.40. The van der Waals surface area contributed by atoms with Crippen LogP contribution in [0.4, 0.5) is 0 Å². The molecule has 6 heteroatoms. The standard InChI is InChI=1S/C12H15IN2O2S/c13-11-2-1-3-12(8-11)18(16,17)15-9-10-4-6-14-7-5-10/h1-4,8,14-15H,5-7,9H2. The van der Waals surface area contributed by atoms with Gasteiger partial charge in [-0.2, -0.15) is 0 Å². The van der Waals surface area contributed by atoms with E-state index in [1.165, 1.54) is 0 Å². The summed E-state index contributed by atoms with van der Waals surface area (Å²) in [5.41, 5.74) is 1.14. The van der Waals surface area contributed by atoms with E-state index in [1.807, 2.05) is 12.1 Å². The van der Waals surface area contributed by atoms with Crippen LogP contribution in [0.2, 0.25) is 0 Å². The molecule has 2 rings (SSSR count). The SMILES string of the molecule is O=S(=O)(NCC1=CCNCC1)c1cccc(I)c1. The van der Waals surface area contributed by atoms with Crippen molar-refractivity contribution in [1.82, 2.24) is 10.0 Å². The Kier molecular flexibility index (Phi) is 4.77. The molecule has 0 saturated heterocycles. The number of hydrogen-bond acceptors (Lipinski definition) is 3. The van der Waals surface area contributed by atoms with Gasteiger partial charge < -0.3 is 5.32 Å². The number of benzene rings is 1. The zero-order valence-corrected chi connectivity index (χ0v) is 12.8. The van der Waals surface area contributed by atoms with Gasteiger partial charge in [-0.25, -0.2) is 13.1 Å². The maximum absolute atomic E-state index is 12.1. The van der Waals surface area contributed by atoms with E-state index in [2.05, 4.69) is 32.6 Å². The average molecular weight is 378 g/mol. The first-order chi connectivity index (χ1) is 8.58. The molecule has 98 valence electrons. The lowest BCUT2D eigenvalue weighted by Crippen LogP contribution is -2.29. The van der Waals surface area contributed by atoms with E-state index < -0.39 is 10.0 Å². The number of sulfonamides is 1. The molecule has 0 radical (unpaired) electrons. The molecule has 1 aromatic carbocycles. The lowest BCUT2D eigenvalue weighted by molar-refractivity contribution is 0.582. The van der Waals surface area contributed by atoms with Crippen molar-refractivity contribution < 1.29 is 8.42 Å². The van der Waals surface area contributed by atoms with E-state index in [4.69, 9.17) is 0 Å². The van der Waals surface area contributed by atoms with Gasteiger partial charge in [-0.05, 0) is 53.8 Å². The van der Waals surface area contributed by atoms with Gasteiger partial charge in [0.15, 0.2) is 0 Å². The van der Waals surface area contributed by atoms with Crippen LogP contribution in [0.3, 0.4) is 0 Å². The molecule has 0 atom stereocenters. The van der Waals surface area contributed by atoms with Gasteiger partial charge in [-0.3, -0.25) is 0 Å². The van der Waals surface area contributed by atoms with Crippen LogP contribution in [-0.4, -0.2) is 28.1 Å². The molecular formula is C12H15IN2O2S. The second-order valence-electron chi connectivity index (χ2n) is 4.10. The molecule has 18 heavy (non-hydrogen) atoms. The Morgan fingerprint density at radius 2 is 2.22 bits per heavy atom. The Hall–Kier alpha value is -0.440. The Bertz CT molecular complexity index is 555. The summed E-state index contributed by atoms with van der Waals surface area (Å²) in [6.45, 7) is 2.13. The van der Waals surface area contributed by atoms with Crippen molar-refractivity contribution >= 4 is 32.6 Å². The minimum absolute atomic E-state index is 0.323. The van der Waals surface area contributed by atoms with Gasteiger partial charge in [0.05, 0.1) is 4.90 Å². The molecule has 0 saturated carbocycles. The van der Waals surface area contributed by atoms with Crippen molar-refractivity contribution in [3.63, 3.8) is 0 Å². The summed E-state index contributed by atoms with van der Waals surface area (Å²) in [4.78, 5) is 0.323. The van der Waals surface area contributed by atoms with Crippen LogP contribution < -0.4 is 10.0 Å². The number of hydrogen-bond donors (Lipinski definition) is 2. The van der Waals surface area contributed by atoms with Crippen LogP contribution in [0.25, 0.3) is 0 Å². The predicted octanol–water partition coefficient (Wildman–Crippen LogP) is 1.49. The van der Waals surface area contributed by atoms with Crippen LogP contribution in [-0.2, 0) is 10.0 Å². The Morgan fingerprint density at radius 3 is 2.89 bits per heavy atom. The number of rotatable bonds is 4. The fourth-order valence-electron chi connectivity index (χ4n) is 1.74. The van der Waals surface area contributed by atoms with Crippen LogP contribution in [0.5, 0.6) is 0 Å². The van der Waals surface area contributed by atoms with Crippen molar-refractivity contribution in [2.75, 3.05) is 19.6 Å². The summed E-state index contributed by atoms with van der Waals surface area (Å²) in [5, 5.41) is 3.20. The molecule has 2 N–H and O–H groups in total. The molecule has 0 fully saturated rings. The first kappa shape index (κ1) is 14.0. The molecule has 0 aromatic heterocycles. The summed E-state index contributed by atoms with van der Waals surface area (Å²) in [6, 6.07) is 6.90. The molecular weight excluding hydrogens is 363 g/mol. The summed E-state index contributed by atoms with van der Waals surface area (Å²) in [7, 11) is -3.40. The highest BCUT2D eigenvalue weighted by Crippen LogP contribution is 2.13. The van der Waals surface area contributed by atoms with Gasteiger partial charge in [-0.1, -0.05) is 17.7 Å². The summed E-state index contributed by atoms with van der Waals surface area (Å²) in [6.07, 6.45) is 2.94. The monoisotopic (exact) mass is 378 g/mol. The highest BCUT2D eigenvalue weighted by atomic mass is 127. The summed E-state index contributed by atoms with van der Waals surface area (Å²) in [5.74, 6) is 0. The summed E-state index contributed by atoms with van der Waals surface area (Å²) >= 11 is 2.11.